The van der Waals surface area contributed by atoms with Crippen molar-refractivity contribution in [2.45, 2.75) is 50.2 Å². The number of carbonyl (C=O) groups is 2. The second-order valence-electron chi connectivity index (χ2n) is 7.42. The summed E-state index contributed by atoms with van der Waals surface area (Å²) >= 11 is 6.12. The molecule has 0 aliphatic heterocycles. The molecule has 1 heterocycles. The third-order valence-corrected chi connectivity index (χ3v) is 5.59. The normalized spacial score (nSPS) is 19.5. The maximum atomic E-state index is 13.1. The first-order valence-electron chi connectivity index (χ1n) is 9.90. The second kappa shape index (κ2) is 9.79. The van der Waals surface area contributed by atoms with Gasteiger partial charge in [0, 0.05) is 30.6 Å². The number of nitriles is 1. The van der Waals surface area contributed by atoms with Gasteiger partial charge in [-0.25, -0.2) is 0 Å². The second-order valence-corrected chi connectivity index (χ2v) is 7.85. The van der Waals surface area contributed by atoms with E-state index in [9.17, 15) is 20.0 Å². The first-order valence-corrected chi connectivity index (χ1v) is 10.3. The number of aliphatic hydroxyl groups is 1. The van der Waals surface area contributed by atoms with E-state index in [4.69, 9.17) is 16.0 Å². The quantitative estimate of drug-likeness (QED) is 0.651. The SMILES string of the molecule is CNC(=O)c1cc(C(=O)N[C@H]2CC[C@H](O)CC2)c(C(CC#N)c2cccc(Cl)c2)o1. The lowest BCUT2D eigenvalue weighted by molar-refractivity contribution is 0.0864. The predicted molar refractivity (Wildman–Crippen MR) is 111 cm³/mol. The van der Waals surface area contributed by atoms with Crippen LogP contribution in [0, 0.1) is 11.3 Å². The van der Waals surface area contributed by atoms with E-state index in [-0.39, 0.29) is 41.6 Å². The number of carbonyl (C=O) groups excluding carboxylic acids is 2. The van der Waals surface area contributed by atoms with Crippen molar-refractivity contribution in [2.75, 3.05) is 7.05 Å². The molecule has 0 spiro atoms. The summed E-state index contributed by atoms with van der Waals surface area (Å²) in [6.45, 7) is 0. The van der Waals surface area contributed by atoms with Gasteiger partial charge in [-0.15, -0.1) is 0 Å². The third-order valence-electron chi connectivity index (χ3n) is 5.35. The van der Waals surface area contributed by atoms with Crippen molar-refractivity contribution in [3.05, 3.63) is 58.0 Å². The molecule has 1 atom stereocenters. The number of hydrogen-bond donors (Lipinski definition) is 3. The highest BCUT2D eigenvalue weighted by Crippen LogP contribution is 2.34. The molecular formula is C22H24ClN3O4. The van der Waals surface area contributed by atoms with Crippen molar-refractivity contribution in [2.24, 2.45) is 0 Å². The zero-order valence-corrected chi connectivity index (χ0v) is 17.4. The zero-order chi connectivity index (χ0) is 21.7. The van der Waals surface area contributed by atoms with Gasteiger partial charge in [-0.2, -0.15) is 5.26 Å². The van der Waals surface area contributed by atoms with Crippen LogP contribution in [0.4, 0.5) is 0 Å². The van der Waals surface area contributed by atoms with Gasteiger partial charge in [0.25, 0.3) is 11.8 Å². The number of nitrogens with zero attached hydrogens (tertiary/aromatic N) is 1. The lowest BCUT2D eigenvalue weighted by atomic mass is 9.90. The van der Waals surface area contributed by atoms with E-state index in [0.717, 1.165) is 5.56 Å². The molecule has 1 unspecified atom stereocenters. The molecule has 0 saturated heterocycles. The number of hydrogen-bond acceptors (Lipinski definition) is 5. The summed E-state index contributed by atoms with van der Waals surface area (Å²) in [5.74, 6) is -1.12. The first kappa shape index (κ1) is 21.9. The minimum Gasteiger partial charge on any atom is -0.454 e. The molecule has 3 rings (SSSR count). The Balaban J connectivity index is 1.97. The summed E-state index contributed by atoms with van der Waals surface area (Å²) in [7, 11) is 1.47. The molecule has 1 fully saturated rings. The van der Waals surface area contributed by atoms with E-state index >= 15 is 0 Å². The van der Waals surface area contributed by atoms with Crippen molar-refractivity contribution >= 4 is 23.4 Å². The Morgan fingerprint density at radius 2 is 2.00 bits per heavy atom. The third kappa shape index (κ3) is 5.02. The van der Waals surface area contributed by atoms with Crippen LogP contribution in [-0.4, -0.2) is 36.1 Å². The number of nitrogens with one attached hydrogen (secondary N) is 2. The summed E-state index contributed by atoms with van der Waals surface area (Å²) in [6.07, 6.45) is 2.34. The first-order chi connectivity index (χ1) is 14.4. The van der Waals surface area contributed by atoms with E-state index in [1.807, 2.05) is 0 Å². The molecule has 1 aliphatic rings. The van der Waals surface area contributed by atoms with E-state index < -0.39 is 11.8 Å². The molecule has 30 heavy (non-hydrogen) atoms. The van der Waals surface area contributed by atoms with Crippen molar-refractivity contribution in [1.29, 1.82) is 5.26 Å². The Morgan fingerprint density at radius 3 is 2.63 bits per heavy atom. The van der Waals surface area contributed by atoms with Crippen molar-refractivity contribution in [1.82, 2.24) is 10.6 Å². The van der Waals surface area contributed by atoms with E-state index in [2.05, 4.69) is 16.7 Å². The van der Waals surface area contributed by atoms with Crippen molar-refractivity contribution in [3.8, 4) is 6.07 Å². The lowest BCUT2D eigenvalue weighted by Gasteiger charge is -2.26. The fourth-order valence-corrected chi connectivity index (χ4v) is 3.94. The maximum Gasteiger partial charge on any atom is 0.286 e. The van der Waals surface area contributed by atoms with Crippen LogP contribution in [0.1, 0.15) is 70.3 Å². The van der Waals surface area contributed by atoms with Gasteiger partial charge in [-0.1, -0.05) is 23.7 Å². The van der Waals surface area contributed by atoms with Crippen molar-refractivity contribution < 1.29 is 19.1 Å². The molecule has 7 nitrogen and oxygen atoms in total. The van der Waals surface area contributed by atoms with E-state index in [1.54, 1.807) is 24.3 Å². The summed E-state index contributed by atoms with van der Waals surface area (Å²) in [6, 6.07) is 10.5. The summed E-state index contributed by atoms with van der Waals surface area (Å²) < 4.78 is 5.80. The molecule has 0 bridgehead atoms. The molecule has 8 heteroatoms. The topological polar surface area (TPSA) is 115 Å². The van der Waals surface area contributed by atoms with Crippen LogP contribution in [-0.2, 0) is 0 Å². The summed E-state index contributed by atoms with van der Waals surface area (Å²) in [5, 5.41) is 25.0. The number of benzene rings is 1. The number of aliphatic hydroxyl groups excluding tert-OH is 1. The molecule has 0 radical (unpaired) electrons. The lowest BCUT2D eigenvalue weighted by Crippen LogP contribution is -2.38. The van der Waals surface area contributed by atoms with Gasteiger partial charge in [0.1, 0.15) is 5.76 Å². The van der Waals surface area contributed by atoms with Crippen LogP contribution in [0.3, 0.4) is 0 Å². The highest BCUT2D eigenvalue weighted by Gasteiger charge is 2.30. The maximum absolute atomic E-state index is 13.1. The van der Waals surface area contributed by atoms with Gasteiger partial charge in [0.05, 0.1) is 23.7 Å². The Kier molecular flexibility index (Phi) is 7.14. The Bertz CT molecular complexity index is 958. The van der Waals surface area contributed by atoms with Gasteiger partial charge in [-0.3, -0.25) is 9.59 Å². The number of rotatable bonds is 6. The highest BCUT2D eigenvalue weighted by atomic mass is 35.5. The standard InChI is InChI=1S/C22H24ClN3O4/c1-25-22(29)19-12-18(21(28)26-15-5-7-16(27)8-6-15)20(30-19)17(9-10-24)13-3-2-4-14(23)11-13/h2-4,11-12,15-17,27H,5-9H2,1H3,(H,25,29)(H,26,28)/t15-,16-,17?. The summed E-state index contributed by atoms with van der Waals surface area (Å²) in [4.78, 5) is 25.2. The molecule has 2 amide bonds. The van der Waals surface area contributed by atoms with Crippen molar-refractivity contribution in [3.63, 3.8) is 0 Å². The highest BCUT2D eigenvalue weighted by molar-refractivity contribution is 6.30. The molecule has 1 saturated carbocycles. The average molecular weight is 430 g/mol. The Morgan fingerprint density at radius 1 is 1.27 bits per heavy atom. The molecule has 158 valence electrons. The van der Waals surface area contributed by atoms with Gasteiger partial charge in [0.15, 0.2) is 5.76 Å². The van der Waals surface area contributed by atoms with Crippen LogP contribution in [0.5, 0.6) is 0 Å². The Labute approximate surface area is 180 Å². The minimum atomic E-state index is -0.555. The minimum absolute atomic E-state index is 0.00156. The predicted octanol–water partition coefficient (Wildman–Crippen LogP) is 3.37. The van der Waals surface area contributed by atoms with Gasteiger partial charge in [0.2, 0.25) is 0 Å². The number of furan rings is 1. The number of halogens is 1. The molecule has 2 aromatic rings. The fourth-order valence-electron chi connectivity index (χ4n) is 3.74. The smallest absolute Gasteiger partial charge is 0.286 e. The molecule has 1 aliphatic carbocycles. The van der Waals surface area contributed by atoms with E-state index in [0.29, 0.717) is 30.7 Å². The molecule has 1 aromatic heterocycles. The van der Waals surface area contributed by atoms with Gasteiger partial charge in [-0.05, 0) is 43.4 Å². The average Bonchev–Trinajstić information content (AvgIpc) is 3.18. The van der Waals surface area contributed by atoms with Gasteiger partial charge >= 0.3 is 0 Å². The van der Waals surface area contributed by atoms with Crippen LogP contribution >= 0.6 is 11.6 Å². The zero-order valence-electron chi connectivity index (χ0n) is 16.7. The number of amides is 2. The summed E-state index contributed by atoms with van der Waals surface area (Å²) in [5.41, 5.74) is 0.941. The van der Waals surface area contributed by atoms with Crippen LogP contribution in [0.15, 0.2) is 34.7 Å². The van der Waals surface area contributed by atoms with Crippen LogP contribution in [0.25, 0.3) is 0 Å². The monoisotopic (exact) mass is 429 g/mol. The molecule has 3 N–H and O–H groups in total. The largest absolute Gasteiger partial charge is 0.454 e. The van der Waals surface area contributed by atoms with Crippen LogP contribution in [0.2, 0.25) is 5.02 Å². The van der Waals surface area contributed by atoms with Crippen LogP contribution < -0.4 is 10.6 Å². The molecular weight excluding hydrogens is 406 g/mol. The molecule has 1 aromatic carbocycles. The fraction of sp³-hybridized carbons (Fsp3) is 0.409. The van der Waals surface area contributed by atoms with Gasteiger partial charge < -0.3 is 20.2 Å². The Hall–Kier alpha value is -2.82. The van der Waals surface area contributed by atoms with E-state index in [1.165, 1.54) is 13.1 Å².